The molecule has 0 amide bonds. The van der Waals surface area contributed by atoms with Gasteiger partial charge in [0.25, 0.3) is 0 Å². The van der Waals surface area contributed by atoms with Gasteiger partial charge in [-0.25, -0.2) is 4.98 Å². The summed E-state index contributed by atoms with van der Waals surface area (Å²) in [5.74, 6) is 1.15. The number of pyridine rings is 1. The Kier molecular flexibility index (Phi) is 2.67. The van der Waals surface area contributed by atoms with Crippen LogP contribution in [0.4, 0.5) is 17.3 Å². The molecule has 0 bridgehead atoms. The molecule has 5 N–H and O–H groups in total. The fourth-order valence-electron chi connectivity index (χ4n) is 2.11. The summed E-state index contributed by atoms with van der Waals surface area (Å²) < 4.78 is 0. The number of benzene rings is 1. The second kappa shape index (κ2) is 4.48. The lowest BCUT2D eigenvalue weighted by molar-refractivity contribution is 0.997. The van der Waals surface area contributed by atoms with Crippen molar-refractivity contribution in [3.05, 3.63) is 47.0 Å². The quantitative estimate of drug-likeness (QED) is 0.644. The van der Waals surface area contributed by atoms with E-state index in [2.05, 4.69) is 27.4 Å². The van der Waals surface area contributed by atoms with Crippen molar-refractivity contribution in [3.63, 3.8) is 0 Å². The SMILES string of the molecule is N#Cc1cccc(Cc2cc(N)nc3c2NNN3)c1. The first kappa shape index (κ1) is 11.3. The molecule has 1 aliphatic heterocycles. The Morgan fingerprint density at radius 3 is 3.00 bits per heavy atom. The molecule has 0 unspecified atom stereocenters. The van der Waals surface area contributed by atoms with Gasteiger partial charge in [-0.05, 0) is 35.7 Å². The van der Waals surface area contributed by atoms with Crippen molar-refractivity contribution in [3.8, 4) is 6.07 Å². The summed E-state index contributed by atoms with van der Waals surface area (Å²) in [6.45, 7) is 0. The molecule has 6 heteroatoms. The molecule has 94 valence electrons. The molecular weight excluding hydrogens is 240 g/mol. The van der Waals surface area contributed by atoms with E-state index in [1.54, 1.807) is 6.07 Å². The molecule has 0 radical (unpaired) electrons. The maximum Gasteiger partial charge on any atom is 0.169 e. The molecule has 1 aromatic carbocycles. The molecule has 0 saturated carbocycles. The standard InChI is InChI=1S/C13H12N6/c14-7-9-3-1-2-8(4-9)5-10-6-11(15)16-13-12(10)17-19-18-13/h1-4,6,17,19H,5H2,(H3,15,16,18). The van der Waals surface area contributed by atoms with Crippen molar-refractivity contribution in [2.75, 3.05) is 16.6 Å². The zero-order valence-electron chi connectivity index (χ0n) is 10.1. The van der Waals surface area contributed by atoms with Crippen molar-refractivity contribution < 1.29 is 0 Å². The van der Waals surface area contributed by atoms with Crippen molar-refractivity contribution in [2.24, 2.45) is 0 Å². The van der Waals surface area contributed by atoms with Gasteiger partial charge < -0.3 is 11.2 Å². The zero-order valence-corrected chi connectivity index (χ0v) is 10.1. The molecule has 1 aliphatic rings. The number of hydrogen-bond donors (Lipinski definition) is 4. The fourth-order valence-corrected chi connectivity index (χ4v) is 2.11. The Labute approximate surface area is 110 Å². The number of hydrogen-bond acceptors (Lipinski definition) is 6. The molecule has 0 saturated heterocycles. The number of nitrogen functional groups attached to an aromatic ring is 1. The van der Waals surface area contributed by atoms with E-state index >= 15 is 0 Å². The minimum absolute atomic E-state index is 0.461. The van der Waals surface area contributed by atoms with E-state index in [-0.39, 0.29) is 0 Å². The predicted octanol–water partition coefficient (Wildman–Crippen LogP) is 1.38. The summed E-state index contributed by atoms with van der Waals surface area (Å²) in [6.07, 6.45) is 0.681. The summed E-state index contributed by atoms with van der Waals surface area (Å²) in [5.41, 5.74) is 18.1. The summed E-state index contributed by atoms with van der Waals surface area (Å²) in [4.78, 5) is 4.18. The lowest BCUT2D eigenvalue weighted by atomic mass is 10.0. The first-order chi connectivity index (χ1) is 9.26. The molecule has 19 heavy (non-hydrogen) atoms. The molecule has 2 heterocycles. The summed E-state index contributed by atoms with van der Waals surface area (Å²) in [6, 6.07) is 11.5. The van der Waals surface area contributed by atoms with Crippen LogP contribution in [0.15, 0.2) is 30.3 Å². The van der Waals surface area contributed by atoms with Gasteiger partial charge in [-0.3, -0.25) is 5.43 Å². The summed E-state index contributed by atoms with van der Waals surface area (Å²) in [5, 5.41) is 8.91. The first-order valence-electron chi connectivity index (χ1n) is 5.82. The average molecular weight is 252 g/mol. The second-order valence-electron chi connectivity index (χ2n) is 4.29. The number of nitrogens with two attached hydrogens (primary N) is 1. The smallest absolute Gasteiger partial charge is 0.169 e. The number of nitrogens with zero attached hydrogens (tertiary/aromatic N) is 2. The maximum absolute atomic E-state index is 8.91. The van der Waals surface area contributed by atoms with Crippen molar-refractivity contribution in [2.45, 2.75) is 6.42 Å². The van der Waals surface area contributed by atoms with Crippen LogP contribution in [0.1, 0.15) is 16.7 Å². The van der Waals surface area contributed by atoms with E-state index in [1.165, 1.54) is 0 Å². The van der Waals surface area contributed by atoms with Gasteiger partial charge in [0.15, 0.2) is 5.82 Å². The number of nitrogens with one attached hydrogen (secondary N) is 3. The molecule has 1 aromatic heterocycles. The van der Waals surface area contributed by atoms with E-state index < -0.39 is 0 Å². The fraction of sp³-hybridized carbons (Fsp3) is 0.0769. The highest BCUT2D eigenvalue weighted by Gasteiger charge is 2.16. The van der Waals surface area contributed by atoms with Crippen LogP contribution in [-0.4, -0.2) is 4.98 Å². The maximum atomic E-state index is 8.91. The second-order valence-corrected chi connectivity index (χ2v) is 4.29. The van der Waals surface area contributed by atoms with Crippen LogP contribution in [0.5, 0.6) is 0 Å². The van der Waals surface area contributed by atoms with Crippen LogP contribution in [0.25, 0.3) is 0 Å². The van der Waals surface area contributed by atoms with Gasteiger partial charge in [-0.15, -0.1) is 5.53 Å². The third kappa shape index (κ3) is 2.14. The van der Waals surface area contributed by atoms with Crippen LogP contribution >= 0.6 is 0 Å². The van der Waals surface area contributed by atoms with E-state index in [4.69, 9.17) is 11.0 Å². The van der Waals surface area contributed by atoms with Gasteiger partial charge in [-0.1, -0.05) is 12.1 Å². The molecule has 0 aliphatic carbocycles. The van der Waals surface area contributed by atoms with E-state index in [0.717, 1.165) is 16.8 Å². The van der Waals surface area contributed by atoms with Crippen LogP contribution in [0, 0.1) is 11.3 Å². The highest BCUT2D eigenvalue weighted by Crippen LogP contribution is 2.30. The Morgan fingerprint density at radius 2 is 2.16 bits per heavy atom. The van der Waals surface area contributed by atoms with E-state index in [9.17, 15) is 0 Å². The van der Waals surface area contributed by atoms with Crippen molar-refractivity contribution in [1.82, 2.24) is 10.5 Å². The van der Waals surface area contributed by atoms with Gasteiger partial charge in [0.05, 0.1) is 17.3 Å². The Hall–Kier alpha value is -2.78. The van der Waals surface area contributed by atoms with Crippen LogP contribution in [0.2, 0.25) is 0 Å². The number of anilines is 3. The largest absolute Gasteiger partial charge is 0.384 e. The number of nitriles is 1. The first-order valence-corrected chi connectivity index (χ1v) is 5.82. The van der Waals surface area contributed by atoms with Crippen LogP contribution in [-0.2, 0) is 6.42 Å². The topological polar surface area (TPSA) is 98.8 Å². The highest BCUT2D eigenvalue weighted by molar-refractivity contribution is 5.74. The van der Waals surface area contributed by atoms with Gasteiger partial charge in [-0.2, -0.15) is 5.26 Å². The third-order valence-corrected chi connectivity index (χ3v) is 2.94. The number of rotatable bonds is 2. The monoisotopic (exact) mass is 252 g/mol. The number of hydrazine groups is 2. The summed E-state index contributed by atoms with van der Waals surface area (Å²) >= 11 is 0. The Morgan fingerprint density at radius 1 is 1.26 bits per heavy atom. The van der Waals surface area contributed by atoms with Crippen molar-refractivity contribution >= 4 is 17.3 Å². The molecule has 0 spiro atoms. The Balaban J connectivity index is 1.97. The van der Waals surface area contributed by atoms with E-state index in [1.807, 2.05) is 24.3 Å². The van der Waals surface area contributed by atoms with E-state index in [0.29, 0.717) is 23.6 Å². The molecule has 3 rings (SSSR count). The average Bonchev–Trinajstić information content (AvgIpc) is 2.87. The summed E-state index contributed by atoms with van der Waals surface area (Å²) in [7, 11) is 0. The van der Waals surface area contributed by atoms with Crippen LogP contribution < -0.4 is 22.1 Å². The lowest BCUT2D eigenvalue weighted by Gasteiger charge is -2.08. The molecule has 0 fully saturated rings. The van der Waals surface area contributed by atoms with Gasteiger partial charge in [0, 0.05) is 0 Å². The third-order valence-electron chi connectivity index (χ3n) is 2.94. The number of fused-ring (bicyclic) bond motifs is 1. The van der Waals surface area contributed by atoms with Crippen molar-refractivity contribution in [1.29, 1.82) is 5.26 Å². The zero-order chi connectivity index (χ0) is 13.2. The number of aromatic nitrogens is 1. The molecule has 0 atom stereocenters. The highest BCUT2D eigenvalue weighted by atomic mass is 15.6. The Bertz CT molecular complexity index is 673. The molecule has 2 aromatic rings. The van der Waals surface area contributed by atoms with Gasteiger partial charge in [0.2, 0.25) is 0 Å². The van der Waals surface area contributed by atoms with Gasteiger partial charge in [0.1, 0.15) is 5.82 Å². The molecule has 6 nitrogen and oxygen atoms in total. The minimum atomic E-state index is 0.461. The molecular formula is C13H12N6. The minimum Gasteiger partial charge on any atom is -0.384 e. The van der Waals surface area contributed by atoms with Gasteiger partial charge >= 0.3 is 0 Å². The van der Waals surface area contributed by atoms with Crippen LogP contribution in [0.3, 0.4) is 0 Å². The normalized spacial score (nSPS) is 12.2. The predicted molar refractivity (Wildman–Crippen MR) is 73.0 cm³/mol. The lowest BCUT2D eigenvalue weighted by Crippen LogP contribution is -2.19.